The second-order valence-electron chi connectivity index (χ2n) is 10.4. The first-order valence-corrected chi connectivity index (χ1v) is 12.8. The lowest BCUT2D eigenvalue weighted by Gasteiger charge is -2.10. The molecule has 0 aliphatic carbocycles. The average molecular weight is 415 g/mol. The highest BCUT2D eigenvalue weighted by molar-refractivity contribution is 5.02. The Morgan fingerprint density at radius 2 is 0.867 bits per heavy atom. The van der Waals surface area contributed by atoms with Gasteiger partial charge < -0.3 is 0 Å². The van der Waals surface area contributed by atoms with Crippen LogP contribution in [0, 0.1) is 11.8 Å². The van der Waals surface area contributed by atoms with Gasteiger partial charge in [-0.1, -0.05) is 73.3 Å². The van der Waals surface area contributed by atoms with Crippen molar-refractivity contribution in [3.8, 4) is 0 Å². The third kappa shape index (κ3) is 20.2. The summed E-state index contributed by atoms with van der Waals surface area (Å²) in [5.74, 6) is 1.71. The fourth-order valence-corrected chi connectivity index (χ4v) is 3.92. The Hall–Kier alpha value is -1.04. The van der Waals surface area contributed by atoms with E-state index in [1.54, 1.807) is 11.1 Å². The van der Waals surface area contributed by atoms with Crippen molar-refractivity contribution < 1.29 is 0 Å². The van der Waals surface area contributed by atoms with E-state index in [2.05, 4.69) is 79.7 Å². The van der Waals surface area contributed by atoms with E-state index in [4.69, 9.17) is 0 Å². The first-order valence-electron chi connectivity index (χ1n) is 12.8. The van der Waals surface area contributed by atoms with Gasteiger partial charge in [0.25, 0.3) is 0 Å². The third-order valence-electron chi connectivity index (χ3n) is 6.11. The lowest BCUT2D eigenvalue weighted by molar-refractivity contribution is 0.477. The summed E-state index contributed by atoms with van der Waals surface area (Å²) in [6.45, 7) is 18.3. The summed E-state index contributed by atoms with van der Waals surface area (Å²) in [7, 11) is 0. The van der Waals surface area contributed by atoms with Gasteiger partial charge in [-0.15, -0.1) is 0 Å². The van der Waals surface area contributed by atoms with Crippen molar-refractivity contribution in [2.24, 2.45) is 11.8 Å². The molecule has 2 unspecified atom stereocenters. The van der Waals surface area contributed by atoms with Gasteiger partial charge in [0.15, 0.2) is 0 Å². The highest BCUT2D eigenvalue weighted by atomic mass is 14.1. The molecule has 0 N–H and O–H groups in total. The molecule has 0 radical (unpaired) electrons. The fourth-order valence-electron chi connectivity index (χ4n) is 3.92. The van der Waals surface area contributed by atoms with Crippen molar-refractivity contribution in [3.05, 3.63) is 46.6 Å². The second kappa shape index (κ2) is 18.7. The quantitative estimate of drug-likeness (QED) is 0.164. The lowest BCUT2D eigenvalue weighted by Crippen LogP contribution is -1.94. The Balaban J connectivity index is 3.85. The van der Waals surface area contributed by atoms with Crippen LogP contribution >= 0.6 is 0 Å². The summed E-state index contributed by atoms with van der Waals surface area (Å²) in [5.41, 5.74) is 6.08. The first kappa shape index (κ1) is 29.0. The normalized spacial score (nSPS) is 14.4. The Morgan fingerprint density at radius 3 is 1.20 bits per heavy atom. The van der Waals surface area contributed by atoms with Crippen molar-refractivity contribution in [2.45, 2.75) is 132 Å². The van der Waals surface area contributed by atoms with Gasteiger partial charge in [-0.05, 0) is 118 Å². The average Bonchev–Trinajstić information content (AvgIpc) is 2.64. The zero-order valence-electron chi connectivity index (χ0n) is 21.9. The Kier molecular flexibility index (Phi) is 18.1. The van der Waals surface area contributed by atoms with E-state index in [1.165, 1.54) is 88.2 Å². The summed E-state index contributed by atoms with van der Waals surface area (Å²) in [4.78, 5) is 0. The van der Waals surface area contributed by atoms with Crippen LogP contribution in [-0.2, 0) is 0 Å². The molecule has 0 saturated carbocycles. The van der Waals surface area contributed by atoms with Gasteiger partial charge in [0.05, 0.1) is 0 Å². The van der Waals surface area contributed by atoms with Crippen LogP contribution in [0.2, 0.25) is 0 Å². The molecule has 0 aromatic rings. The number of hydrogen-bond acceptors (Lipinski definition) is 0. The fraction of sp³-hybridized carbons (Fsp3) is 0.733. The Labute approximate surface area is 191 Å². The molecule has 174 valence electrons. The molecule has 0 heteroatoms. The molecule has 0 rings (SSSR count). The number of hydrogen-bond donors (Lipinski definition) is 0. The third-order valence-corrected chi connectivity index (χ3v) is 6.11. The van der Waals surface area contributed by atoms with Gasteiger partial charge in [0.2, 0.25) is 0 Å². The predicted octanol–water partition coefficient (Wildman–Crippen LogP) is 10.8. The van der Waals surface area contributed by atoms with Crippen LogP contribution in [0.5, 0.6) is 0 Å². The molecule has 2 atom stereocenters. The molecular weight excluding hydrogens is 360 g/mol. The Bertz CT molecular complexity index is 482. The van der Waals surface area contributed by atoms with Crippen LogP contribution in [0.25, 0.3) is 0 Å². The minimum Gasteiger partial charge on any atom is -0.0859 e. The van der Waals surface area contributed by atoms with E-state index in [0.717, 1.165) is 11.8 Å². The lowest BCUT2D eigenvalue weighted by atomic mass is 9.96. The molecule has 0 amide bonds. The summed E-state index contributed by atoms with van der Waals surface area (Å²) in [6.07, 6.45) is 25.3. The molecule has 0 aromatic heterocycles. The SMILES string of the molecule is CC(C)=CCCC(C)CCC/C(C)=C/CC/C=C(\C)CCCC(C)CCC=C(C)C. The van der Waals surface area contributed by atoms with Crippen molar-refractivity contribution in [3.63, 3.8) is 0 Å². The molecule has 30 heavy (non-hydrogen) atoms. The van der Waals surface area contributed by atoms with Crippen LogP contribution in [-0.4, -0.2) is 0 Å². The summed E-state index contributed by atoms with van der Waals surface area (Å²) < 4.78 is 0. The summed E-state index contributed by atoms with van der Waals surface area (Å²) >= 11 is 0. The van der Waals surface area contributed by atoms with E-state index in [0.29, 0.717) is 0 Å². The van der Waals surface area contributed by atoms with Gasteiger partial charge in [0, 0.05) is 0 Å². The molecule has 0 saturated heterocycles. The van der Waals surface area contributed by atoms with Crippen LogP contribution in [0.4, 0.5) is 0 Å². The zero-order valence-corrected chi connectivity index (χ0v) is 21.9. The first-order chi connectivity index (χ1) is 14.2. The zero-order chi connectivity index (χ0) is 22.8. The van der Waals surface area contributed by atoms with E-state index >= 15 is 0 Å². The van der Waals surface area contributed by atoms with E-state index in [-0.39, 0.29) is 0 Å². The maximum atomic E-state index is 2.48. The van der Waals surface area contributed by atoms with Crippen LogP contribution in [0.3, 0.4) is 0 Å². The topological polar surface area (TPSA) is 0 Å². The molecule has 0 bridgehead atoms. The van der Waals surface area contributed by atoms with E-state index < -0.39 is 0 Å². The van der Waals surface area contributed by atoms with Crippen molar-refractivity contribution in [1.82, 2.24) is 0 Å². The summed E-state index contributed by atoms with van der Waals surface area (Å²) in [6, 6.07) is 0. The maximum absolute atomic E-state index is 2.48. The molecule has 0 heterocycles. The Morgan fingerprint density at radius 1 is 0.500 bits per heavy atom. The van der Waals surface area contributed by atoms with Crippen molar-refractivity contribution in [1.29, 1.82) is 0 Å². The molecule has 0 aliphatic rings. The molecular formula is C30H54. The van der Waals surface area contributed by atoms with Crippen LogP contribution < -0.4 is 0 Å². The van der Waals surface area contributed by atoms with E-state index in [1.807, 2.05) is 0 Å². The van der Waals surface area contributed by atoms with Gasteiger partial charge >= 0.3 is 0 Å². The maximum Gasteiger partial charge on any atom is -0.0313 e. The summed E-state index contributed by atoms with van der Waals surface area (Å²) in [5, 5.41) is 0. The molecule has 0 nitrogen and oxygen atoms in total. The molecule has 0 spiro atoms. The van der Waals surface area contributed by atoms with Gasteiger partial charge in [-0.3, -0.25) is 0 Å². The number of rotatable bonds is 17. The number of unbranched alkanes of at least 4 members (excludes halogenated alkanes) is 1. The van der Waals surface area contributed by atoms with Crippen molar-refractivity contribution in [2.75, 3.05) is 0 Å². The molecule has 0 fully saturated rings. The van der Waals surface area contributed by atoms with Gasteiger partial charge in [0.1, 0.15) is 0 Å². The highest BCUT2D eigenvalue weighted by Gasteiger charge is 2.02. The highest BCUT2D eigenvalue weighted by Crippen LogP contribution is 2.19. The monoisotopic (exact) mass is 414 g/mol. The van der Waals surface area contributed by atoms with Gasteiger partial charge in [-0.2, -0.15) is 0 Å². The molecule has 0 aliphatic heterocycles. The smallest absolute Gasteiger partial charge is 0.0313 e. The largest absolute Gasteiger partial charge is 0.0859 e. The number of allylic oxidation sites excluding steroid dienone is 8. The standard InChI is InChI=1S/C30H54/c1-25(2)15-11-19-29(7)23-13-21-27(5)17-9-10-18-28(6)22-14-24-30(8)20-12-16-26(3)4/h15-18,29-30H,9-14,19-24H2,1-8H3/b27-17+,28-18+. The second-order valence-corrected chi connectivity index (χ2v) is 10.4. The predicted molar refractivity (Wildman–Crippen MR) is 140 cm³/mol. The van der Waals surface area contributed by atoms with Crippen LogP contribution in [0.1, 0.15) is 132 Å². The van der Waals surface area contributed by atoms with Gasteiger partial charge in [-0.25, -0.2) is 0 Å². The van der Waals surface area contributed by atoms with Crippen molar-refractivity contribution >= 4 is 0 Å². The minimum atomic E-state index is 0.855. The van der Waals surface area contributed by atoms with E-state index in [9.17, 15) is 0 Å². The van der Waals surface area contributed by atoms with Crippen LogP contribution in [0.15, 0.2) is 46.6 Å². The molecule has 0 aromatic carbocycles. The minimum absolute atomic E-state index is 0.855.